The van der Waals surface area contributed by atoms with Crippen LogP contribution in [0.2, 0.25) is 0 Å². The molecule has 0 atom stereocenters. The third-order valence-electron chi connectivity index (χ3n) is 6.51. The van der Waals surface area contributed by atoms with Crippen molar-refractivity contribution in [3.05, 3.63) is 59.7 Å². The molecule has 0 N–H and O–H groups in total. The lowest BCUT2D eigenvalue weighted by Crippen LogP contribution is -2.40. The number of carbonyl (C=O) groups is 2. The first kappa shape index (κ1) is 21.4. The zero-order valence-corrected chi connectivity index (χ0v) is 18.4. The van der Waals surface area contributed by atoms with Gasteiger partial charge in [0.1, 0.15) is 12.4 Å². The van der Waals surface area contributed by atoms with Gasteiger partial charge in [-0.2, -0.15) is 0 Å². The molecule has 1 fully saturated rings. The summed E-state index contributed by atoms with van der Waals surface area (Å²) in [5.41, 5.74) is 3.50. The molecule has 4 rings (SSSR count). The standard InChI is InChI=1S/C26H32N2O3/c1-20-6-8-21(9-7-20)10-11-22-14-16-27(17-15-22)25(29)12-13-26(30)28-18-19-31-24-5-3-2-4-23(24)28/h2-9,22H,10-19H2,1H3. The summed E-state index contributed by atoms with van der Waals surface area (Å²) in [6, 6.07) is 16.4. The first-order chi connectivity index (χ1) is 15.1. The summed E-state index contributed by atoms with van der Waals surface area (Å²) in [5.74, 6) is 1.52. The summed E-state index contributed by atoms with van der Waals surface area (Å²) in [5, 5.41) is 0. The second-order valence-corrected chi connectivity index (χ2v) is 8.71. The Morgan fingerprint density at radius 1 is 0.935 bits per heavy atom. The third-order valence-corrected chi connectivity index (χ3v) is 6.51. The van der Waals surface area contributed by atoms with Gasteiger partial charge in [0.15, 0.2) is 0 Å². The average molecular weight is 421 g/mol. The lowest BCUT2D eigenvalue weighted by atomic mass is 9.90. The average Bonchev–Trinajstić information content (AvgIpc) is 2.82. The minimum atomic E-state index is -0.00270. The molecule has 0 spiro atoms. The number of anilines is 1. The number of ether oxygens (including phenoxy) is 1. The molecule has 5 heteroatoms. The molecule has 2 aromatic rings. The van der Waals surface area contributed by atoms with E-state index >= 15 is 0 Å². The first-order valence-electron chi connectivity index (χ1n) is 11.5. The van der Waals surface area contributed by atoms with E-state index < -0.39 is 0 Å². The zero-order chi connectivity index (χ0) is 21.6. The fourth-order valence-electron chi connectivity index (χ4n) is 4.53. The number of benzene rings is 2. The van der Waals surface area contributed by atoms with Crippen LogP contribution in [-0.4, -0.2) is 43.0 Å². The summed E-state index contributed by atoms with van der Waals surface area (Å²) >= 11 is 0. The molecule has 0 saturated carbocycles. The molecule has 31 heavy (non-hydrogen) atoms. The number of likely N-dealkylation sites (tertiary alicyclic amines) is 1. The lowest BCUT2D eigenvalue weighted by Gasteiger charge is -2.33. The van der Waals surface area contributed by atoms with E-state index in [2.05, 4.69) is 31.2 Å². The molecule has 0 aromatic heterocycles. The monoisotopic (exact) mass is 420 g/mol. The van der Waals surface area contributed by atoms with Crippen molar-refractivity contribution < 1.29 is 14.3 Å². The molecule has 2 aliphatic rings. The molecular formula is C26H32N2O3. The van der Waals surface area contributed by atoms with E-state index in [0.717, 1.165) is 43.8 Å². The maximum Gasteiger partial charge on any atom is 0.227 e. The van der Waals surface area contributed by atoms with E-state index in [9.17, 15) is 9.59 Å². The minimum Gasteiger partial charge on any atom is -0.490 e. The molecular weight excluding hydrogens is 388 g/mol. The molecule has 0 unspecified atom stereocenters. The predicted octanol–water partition coefficient (Wildman–Crippen LogP) is 4.37. The molecule has 1 saturated heterocycles. The van der Waals surface area contributed by atoms with Crippen LogP contribution in [0.3, 0.4) is 0 Å². The Hall–Kier alpha value is -2.82. The molecule has 5 nitrogen and oxygen atoms in total. The van der Waals surface area contributed by atoms with Crippen LogP contribution in [0.15, 0.2) is 48.5 Å². The van der Waals surface area contributed by atoms with E-state index in [1.807, 2.05) is 29.2 Å². The Bertz CT molecular complexity index is 901. The quantitative estimate of drug-likeness (QED) is 0.697. The molecule has 164 valence electrons. The largest absolute Gasteiger partial charge is 0.490 e. The summed E-state index contributed by atoms with van der Waals surface area (Å²) in [6.07, 6.45) is 4.94. The smallest absolute Gasteiger partial charge is 0.227 e. The van der Waals surface area contributed by atoms with Crippen molar-refractivity contribution in [1.29, 1.82) is 0 Å². The molecule has 0 radical (unpaired) electrons. The molecule has 2 heterocycles. The van der Waals surface area contributed by atoms with Crippen LogP contribution in [0.5, 0.6) is 5.75 Å². The van der Waals surface area contributed by atoms with Crippen LogP contribution in [0.1, 0.15) is 43.2 Å². The van der Waals surface area contributed by atoms with Gasteiger partial charge in [-0.25, -0.2) is 0 Å². The highest BCUT2D eigenvalue weighted by atomic mass is 16.5. The van der Waals surface area contributed by atoms with Gasteiger partial charge in [-0.3, -0.25) is 9.59 Å². The highest BCUT2D eigenvalue weighted by Gasteiger charge is 2.26. The van der Waals surface area contributed by atoms with Crippen molar-refractivity contribution in [3.63, 3.8) is 0 Å². The van der Waals surface area contributed by atoms with Gasteiger partial charge in [-0.15, -0.1) is 0 Å². The number of nitrogens with zero attached hydrogens (tertiary/aromatic N) is 2. The summed E-state index contributed by atoms with van der Waals surface area (Å²) in [7, 11) is 0. The molecule has 0 bridgehead atoms. The number of para-hydroxylation sites is 2. The number of piperidine rings is 1. The first-order valence-corrected chi connectivity index (χ1v) is 11.5. The van der Waals surface area contributed by atoms with Gasteiger partial charge in [-0.1, -0.05) is 42.0 Å². The second-order valence-electron chi connectivity index (χ2n) is 8.71. The van der Waals surface area contributed by atoms with Gasteiger partial charge in [0.25, 0.3) is 0 Å². The van der Waals surface area contributed by atoms with Crippen LogP contribution in [0.25, 0.3) is 0 Å². The van der Waals surface area contributed by atoms with E-state index in [4.69, 9.17) is 4.74 Å². The van der Waals surface area contributed by atoms with Gasteiger partial charge in [0.05, 0.1) is 12.2 Å². The summed E-state index contributed by atoms with van der Waals surface area (Å²) in [6.45, 7) is 4.77. The topological polar surface area (TPSA) is 49.9 Å². The number of hydrogen-bond donors (Lipinski definition) is 0. The lowest BCUT2D eigenvalue weighted by molar-refractivity contribution is -0.134. The Morgan fingerprint density at radius 2 is 1.65 bits per heavy atom. The number of carbonyl (C=O) groups excluding carboxylic acids is 2. The van der Waals surface area contributed by atoms with Crippen LogP contribution in [-0.2, 0) is 16.0 Å². The number of fused-ring (bicyclic) bond motifs is 1. The molecule has 2 aliphatic heterocycles. The number of aryl methyl sites for hydroxylation is 2. The third kappa shape index (κ3) is 5.46. The normalized spacial score (nSPS) is 16.5. The fraction of sp³-hybridized carbons (Fsp3) is 0.462. The van der Waals surface area contributed by atoms with Gasteiger partial charge in [-0.05, 0) is 56.2 Å². The summed E-state index contributed by atoms with van der Waals surface area (Å²) < 4.78 is 5.62. The second kappa shape index (κ2) is 9.99. The SMILES string of the molecule is Cc1ccc(CCC2CCN(C(=O)CCC(=O)N3CCOc4ccccc43)CC2)cc1. The Kier molecular flexibility index (Phi) is 6.90. The highest BCUT2D eigenvalue weighted by Crippen LogP contribution is 2.31. The Morgan fingerprint density at radius 3 is 2.42 bits per heavy atom. The van der Waals surface area contributed by atoms with Gasteiger partial charge in [0, 0.05) is 25.9 Å². The molecule has 2 amide bonds. The van der Waals surface area contributed by atoms with Gasteiger partial charge < -0.3 is 14.5 Å². The van der Waals surface area contributed by atoms with Crippen molar-refractivity contribution in [2.45, 2.75) is 45.4 Å². The van der Waals surface area contributed by atoms with Crippen molar-refractivity contribution >= 4 is 17.5 Å². The van der Waals surface area contributed by atoms with Crippen molar-refractivity contribution in [1.82, 2.24) is 4.90 Å². The van der Waals surface area contributed by atoms with Crippen molar-refractivity contribution in [2.75, 3.05) is 31.1 Å². The van der Waals surface area contributed by atoms with Gasteiger partial charge >= 0.3 is 0 Å². The predicted molar refractivity (Wildman–Crippen MR) is 122 cm³/mol. The molecule has 2 aromatic carbocycles. The maximum atomic E-state index is 12.7. The highest BCUT2D eigenvalue weighted by molar-refractivity contribution is 5.97. The minimum absolute atomic E-state index is 0.00270. The Balaban J connectivity index is 1.20. The Labute approximate surface area is 185 Å². The van der Waals surface area contributed by atoms with Crippen LogP contribution in [0.4, 0.5) is 5.69 Å². The number of hydrogen-bond acceptors (Lipinski definition) is 3. The van der Waals surface area contributed by atoms with E-state index in [1.54, 1.807) is 4.90 Å². The maximum absolute atomic E-state index is 12.7. The number of amides is 2. The van der Waals surface area contributed by atoms with Crippen LogP contribution < -0.4 is 9.64 Å². The van der Waals surface area contributed by atoms with Gasteiger partial charge in [0.2, 0.25) is 11.8 Å². The molecule has 0 aliphatic carbocycles. The van der Waals surface area contributed by atoms with Crippen LogP contribution in [0, 0.1) is 12.8 Å². The van der Waals surface area contributed by atoms with Crippen molar-refractivity contribution in [2.24, 2.45) is 5.92 Å². The van der Waals surface area contributed by atoms with Crippen molar-refractivity contribution in [3.8, 4) is 5.75 Å². The van der Waals surface area contributed by atoms with E-state index in [1.165, 1.54) is 17.5 Å². The zero-order valence-electron chi connectivity index (χ0n) is 18.4. The van der Waals surface area contributed by atoms with Crippen LogP contribution >= 0.6 is 0 Å². The number of rotatable bonds is 6. The van der Waals surface area contributed by atoms with E-state index in [-0.39, 0.29) is 24.7 Å². The summed E-state index contributed by atoms with van der Waals surface area (Å²) in [4.78, 5) is 29.1. The van der Waals surface area contributed by atoms with E-state index in [0.29, 0.717) is 19.1 Å². The fourth-order valence-corrected chi connectivity index (χ4v) is 4.53.